The van der Waals surface area contributed by atoms with E-state index >= 15 is 0 Å². The van der Waals surface area contributed by atoms with Crippen molar-refractivity contribution < 1.29 is 19.9 Å². The molecule has 4 N–H and O–H groups in total. The highest BCUT2D eigenvalue weighted by Gasteiger charge is 2.33. The molecule has 0 unspecified atom stereocenters. The van der Waals surface area contributed by atoms with Gasteiger partial charge in [-0.15, -0.1) is 0 Å². The van der Waals surface area contributed by atoms with Crippen molar-refractivity contribution in [3.8, 4) is 0 Å². The van der Waals surface area contributed by atoms with E-state index in [-0.39, 0.29) is 12.2 Å². The molecule has 4 rings (SSSR count). The smallest absolute Gasteiger partial charge is 0.407 e. The first-order valence-electron chi connectivity index (χ1n) is 8.49. The number of amides is 2. The Morgan fingerprint density at radius 2 is 1.89 bits per heavy atom. The van der Waals surface area contributed by atoms with Crippen LogP contribution in [0.4, 0.5) is 10.5 Å². The summed E-state index contributed by atoms with van der Waals surface area (Å²) in [7, 11) is 0. The van der Waals surface area contributed by atoms with Gasteiger partial charge in [-0.25, -0.2) is 10.3 Å². The van der Waals surface area contributed by atoms with Crippen LogP contribution in [-0.4, -0.2) is 40.3 Å². The van der Waals surface area contributed by atoms with Crippen molar-refractivity contribution in [2.45, 2.75) is 6.42 Å². The van der Waals surface area contributed by atoms with Gasteiger partial charge in [0.1, 0.15) is 5.70 Å². The van der Waals surface area contributed by atoms with E-state index in [1.54, 1.807) is 10.4 Å². The summed E-state index contributed by atoms with van der Waals surface area (Å²) in [4.78, 5) is 26.7. The Hall–Kier alpha value is -3.52. The zero-order valence-corrected chi connectivity index (χ0v) is 14.3. The van der Waals surface area contributed by atoms with Crippen molar-refractivity contribution in [1.29, 1.82) is 0 Å². The molecule has 2 aromatic rings. The molecule has 2 heterocycles. The van der Waals surface area contributed by atoms with Gasteiger partial charge in [0.05, 0.1) is 17.9 Å². The van der Waals surface area contributed by atoms with E-state index in [4.69, 9.17) is 0 Å². The van der Waals surface area contributed by atoms with Gasteiger partial charge in [-0.05, 0) is 11.5 Å². The summed E-state index contributed by atoms with van der Waals surface area (Å²) in [5.74, 6) is -0.650. The normalized spacial score (nSPS) is 16.6. The van der Waals surface area contributed by atoms with Crippen LogP contribution in [0.3, 0.4) is 0 Å². The third-order valence-corrected chi connectivity index (χ3v) is 4.82. The summed E-state index contributed by atoms with van der Waals surface area (Å²) in [6.07, 6.45) is 0.939. The van der Waals surface area contributed by atoms with Crippen LogP contribution in [0.2, 0.25) is 0 Å². The largest absolute Gasteiger partial charge is 0.465 e. The minimum atomic E-state index is -0.983. The second-order valence-electron chi connectivity index (χ2n) is 6.33. The van der Waals surface area contributed by atoms with Crippen molar-refractivity contribution in [3.05, 3.63) is 65.8 Å². The van der Waals surface area contributed by atoms with Gasteiger partial charge in [0.15, 0.2) is 0 Å². The van der Waals surface area contributed by atoms with Gasteiger partial charge in [0.25, 0.3) is 5.91 Å². The monoisotopic (exact) mass is 366 g/mol. The molecule has 0 fully saturated rings. The second kappa shape index (κ2) is 6.65. The van der Waals surface area contributed by atoms with Crippen LogP contribution in [0.5, 0.6) is 0 Å². The second-order valence-corrected chi connectivity index (χ2v) is 6.33. The molecule has 138 valence electrons. The number of benzene rings is 2. The fraction of sp³-hybridized carbons (Fsp3) is 0.158. The Morgan fingerprint density at radius 3 is 2.67 bits per heavy atom. The molecule has 0 bridgehead atoms. The Labute approximate surface area is 154 Å². The molecule has 2 aliphatic heterocycles. The number of carbonyl (C=O) groups is 2. The molecule has 8 nitrogen and oxygen atoms in total. The van der Waals surface area contributed by atoms with E-state index in [9.17, 15) is 19.9 Å². The summed E-state index contributed by atoms with van der Waals surface area (Å²) in [5.41, 5.74) is 4.24. The lowest BCUT2D eigenvalue weighted by Gasteiger charge is -2.39. The summed E-state index contributed by atoms with van der Waals surface area (Å²) >= 11 is 0. The van der Waals surface area contributed by atoms with E-state index < -0.39 is 12.0 Å². The van der Waals surface area contributed by atoms with E-state index in [0.717, 1.165) is 22.2 Å². The molecular weight excluding hydrogens is 348 g/mol. The quantitative estimate of drug-likeness (QED) is 0.480. The van der Waals surface area contributed by atoms with Gasteiger partial charge < -0.3 is 20.2 Å². The van der Waals surface area contributed by atoms with Crippen LogP contribution >= 0.6 is 0 Å². The zero-order chi connectivity index (χ0) is 19.0. The molecule has 0 aromatic heterocycles. The first-order chi connectivity index (χ1) is 13.1. The minimum Gasteiger partial charge on any atom is -0.465 e. The summed E-state index contributed by atoms with van der Waals surface area (Å²) < 4.78 is 0. The minimum absolute atomic E-state index is 0.205. The van der Waals surface area contributed by atoms with Crippen LogP contribution in [0.1, 0.15) is 6.42 Å². The highest BCUT2D eigenvalue weighted by atomic mass is 16.5. The fourth-order valence-corrected chi connectivity index (χ4v) is 3.56. The van der Waals surface area contributed by atoms with E-state index in [1.165, 1.54) is 11.1 Å². The van der Waals surface area contributed by atoms with Crippen molar-refractivity contribution in [2.75, 3.05) is 18.0 Å². The number of carboxylic acid groups (broad SMARTS) is 1. The molecule has 0 radical (unpaired) electrons. The maximum Gasteiger partial charge on any atom is 0.407 e. The first-order valence-corrected chi connectivity index (χ1v) is 8.49. The molecule has 2 amide bonds. The average Bonchev–Trinajstić information content (AvgIpc) is 2.71. The van der Waals surface area contributed by atoms with Gasteiger partial charge >= 0.3 is 6.09 Å². The molecule has 2 aromatic carbocycles. The van der Waals surface area contributed by atoms with Crippen LogP contribution in [0.15, 0.2) is 65.8 Å². The third-order valence-electron chi connectivity index (χ3n) is 4.82. The maximum absolute atomic E-state index is 12.3. The molecule has 27 heavy (non-hydrogen) atoms. The predicted molar refractivity (Wildman–Crippen MR) is 98.8 cm³/mol. The number of carbonyl (C=O) groups excluding carboxylic acids is 1. The summed E-state index contributed by atoms with van der Waals surface area (Å²) in [5, 5.41) is 23.4. The predicted octanol–water partition coefficient (Wildman–Crippen LogP) is 2.19. The number of hydroxylamine groups is 1. The number of nitrogens with zero attached hydrogens (tertiary/aromatic N) is 2. The Kier molecular flexibility index (Phi) is 4.17. The molecule has 0 saturated carbocycles. The molecule has 8 heteroatoms. The Morgan fingerprint density at radius 1 is 1.11 bits per heavy atom. The highest BCUT2D eigenvalue weighted by Crippen LogP contribution is 2.36. The number of hydrogen-bond acceptors (Lipinski definition) is 5. The van der Waals surface area contributed by atoms with E-state index in [0.29, 0.717) is 18.7 Å². The van der Waals surface area contributed by atoms with Crippen LogP contribution in [0, 0.1) is 0 Å². The lowest BCUT2D eigenvalue weighted by atomic mass is 10.0. The van der Waals surface area contributed by atoms with Gasteiger partial charge in [0, 0.05) is 30.2 Å². The molecule has 0 aliphatic carbocycles. The standard InChI is InChI=1S/C19H18N4O4/c24-18(21-27)17-10-20-14-11-22(19(25)26)9-8-16(14)23(17)15-7-3-5-12-4-1-2-6-13(12)15/h1-7,10,20,27H,8-9,11H2,(H,21,24)(H,25,26). The van der Waals surface area contributed by atoms with Gasteiger partial charge in [-0.2, -0.15) is 0 Å². The van der Waals surface area contributed by atoms with Gasteiger partial charge in [0.2, 0.25) is 0 Å². The van der Waals surface area contributed by atoms with Crippen LogP contribution in [0.25, 0.3) is 10.8 Å². The molecule has 0 atom stereocenters. The highest BCUT2D eigenvalue weighted by molar-refractivity contribution is 6.03. The van der Waals surface area contributed by atoms with Gasteiger partial charge in [-0.3, -0.25) is 10.0 Å². The van der Waals surface area contributed by atoms with Crippen LogP contribution < -0.4 is 15.7 Å². The zero-order valence-electron chi connectivity index (χ0n) is 14.3. The van der Waals surface area contributed by atoms with Crippen molar-refractivity contribution in [2.24, 2.45) is 0 Å². The fourth-order valence-electron chi connectivity index (χ4n) is 3.56. The Bertz CT molecular complexity index is 993. The first kappa shape index (κ1) is 16.9. The van der Waals surface area contributed by atoms with Gasteiger partial charge in [-0.1, -0.05) is 36.4 Å². The van der Waals surface area contributed by atoms with Crippen molar-refractivity contribution in [3.63, 3.8) is 0 Å². The number of anilines is 1. The molecular formula is C19H18N4O4. The average molecular weight is 366 g/mol. The number of hydrogen-bond donors (Lipinski definition) is 4. The maximum atomic E-state index is 12.3. The Balaban J connectivity index is 1.87. The van der Waals surface area contributed by atoms with Crippen molar-refractivity contribution in [1.82, 2.24) is 15.7 Å². The third kappa shape index (κ3) is 2.85. The summed E-state index contributed by atoms with van der Waals surface area (Å²) in [6, 6.07) is 13.6. The molecule has 0 spiro atoms. The number of rotatable bonds is 2. The van der Waals surface area contributed by atoms with E-state index in [2.05, 4.69) is 5.32 Å². The van der Waals surface area contributed by atoms with E-state index in [1.807, 2.05) is 42.5 Å². The van der Waals surface area contributed by atoms with Crippen LogP contribution in [-0.2, 0) is 4.79 Å². The molecule has 2 aliphatic rings. The lowest BCUT2D eigenvalue weighted by Crippen LogP contribution is -2.46. The topological polar surface area (TPSA) is 105 Å². The summed E-state index contributed by atoms with van der Waals surface area (Å²) in [6.45, 7) is 0.529. The lowest BCUT2D eigenvalue weighted by molar-refractivity contribution is -0.125. The molecule has 0 saturated heterocycles. The SMILES string of the molecule is O=C(NO)C1=CNC2=C(CCN(C(=O)O)C2)N1c1cccc2ccccc12. The van der Waals surface area contributed by atoms with Crippen molar-refractivity contribution >= 4 is 28.5 Å². The number of nitrogens with one attached hydrogen (secondary N) is 2. The number of fused-ring (bicyclic) bond motifs is 1.